The van der Waals surface area contributed by atoms with Gasteiger partial charge in [0.2, 0.25) is 0 Å². The predicted molar refractivity (Wildman–Crippen MR) is 154 cm³/mol. The van der Waals surface area contributed by atoms with E-state index in [1.165, 1.54) is 11.1 Å². The normalized spacial score (nSPS) is 11.4. The van der Waals surface area contributed by atoms with Gasteiger partial charge in [0, 0.05) is 17.7 Å². The first kappa shape index (κ1) is 26.6. The minimum atomic E-state index is -0.395. The number of nitrogens with zero attached hydrogens (tertiary/aromatic N) is 2. The van der Waals surface area contributed by atoms with E-state index in [-0.39, 0.29) is 17.8 Å². The molecule has 198 valence electrons. The summed E-state index contributed by atoms with van der Waals surface area (Å²) in [4.78, 5) is 12.7. The number of furan rings is 1. The van der Waals surface area contributed by atoms with Crippen molar-refractivity contribution in [3.8, 4) is 5.75 Å². The van der Waals surface area contributed by atoms with E-state index in [4.69, 9.17) is 32.4 Å². The summed E-state index contributed by atoms with van der Waals surface area (Å²) in [5, 5.41) is 8.13. The zero-order valence-corrected chi connectivity index (χ0v) is 23.0. The van der Waals surface area contributed by atoms with Crippen LogP contribution in [0.3, 0.4) is 0 Å². The van der Waals surface area contributed by atoms with Gasteiger partial charge < -0.3 is 14.5 Å². The second kappa shape index (κ2) is 11.4. The van der Waals surface area contributed by atoms with E-state index in [1.54, 1.807) is 41.2 Å². The van der Waals surface area contributed by atoms with Crippen LogP contribution >= 0.6 is 23.2 Å². The lowest BCUT2D eigenvalue weighted by Gasteiger charge is -2.26. The number of rotatable bonds is 9. The summed E-state index contributed by atoms with van der Waals surface area (Å²) in [6.07, 6.45) is 1.77. The zero-order chi connectivity index (χ0) is 27.4. The van der Waals surface area contributed by atoms with Crippen molar-refractivity contribution in [1.29, 1.82) is 0 Å². The largest absolute Gasteiger partial charge is 0.486 e. The zero-order valence-electron chi connectivity index (χ0n) is 21.5. The molecule has 0 radical (unpaired) electrons. The van der Waals surface area contributed by atoms with Crippen LogP contribution in [0.2, 0.25) is 10.0 Å². The Morgan fingerprint density at radius 3 is 2.41 bits per heavy atom. The standard InChI is InChI=1S/C31H27Cl2N3O3/c1-31(2,22-6-4-3-5-7-22)23-9-11-24(12-10-23)38-20-25-13-15-28(39-25)30(37)34-29-16-17-36(35-29)19-21-8-14-26(32)27(33)18-21/h3-18H,19-20H2,1-2H3,(H,34,35,37). The Balaban J connectivity index is 1.15. The molecule has 1 N–H and O–H groups in total. The highest BCUT2D eigenvalue weighted by atomic mass is 35.5. The number of halogens is 2. The molecular weight excluding hydrogens is 533 g/mol. The molecule has 1 amide bonds. The summed E-state index contributed by atoms with van der Waals surface area (Å²) >= 11 is 12.1. The molecule has 2 aromatic heterocycles. The van der Waals surface area contributed by atoms with E-state index in [2.05, 4.69) is 60.7 Å². The predicted octanol–water partition coefficient (Wildman–Crippen LogP) is 7.99. The van der Waals surface area contributed by atoms with Gasteiger partial charge in [-0.3, -0.25) is 9.48 Å². The van der Waals surface area contributed by atoms with Crippen LogP contribution in [0.15, 0.2) is 102 Å². The number of aromatic nitrogens is 2. The van der Waals surface area contributed by atoms with E-state index in [1.807, 2.05) is 24.3 Å². The molecule has 0 atom stereocenters. The lowest BCUT2D eigenvalue weighted by Crippen LogP contribution is -2.18. The van der Waals surface area contributed by atoms with Crippen LogP contribution in [0.25, 0.3) is 0 Å². The number of nitrogens with one attached hydrogen (secondary N) is 1. The molecule has 6 nitrogen and oxygen atoms in total. The average Bonchev–Trinajstić information content (AvgIpc) is 3.60. The first-order valence-electron chi connectivity index (χ1n) is 12.4. The van der Waals surface area contributed by atoms with Gasteiger partial charge in [-0.15, -0.1) is 0 Å². The van der Waals surface area contributed by atoms with Gasteiger partial charge in [0.15, 0.2) is 11.6 Å². The molecule has 39 heavy (non-hydrogen) atoms. The van der Waals surface area contributed by atoms with Crippen LogP contribution in [0.4, 0.5) is 5.82 Å². The molecule has 0 unspecified atom stereocenters. The first-order valence-corrected chi connectivity index (χ1v) is 13.2. The molecule has 0 fully saturated rings. The Labute approximate surface area is 237 Å². The quantitative estimate of drug-likeness (QED) is 0.198. The Kier molecular flexibility index (Phi) is 7.77. The summed E-state index contributed by atoms with van der Waals surface area (Å²) in [5.74, 6) is 1.45. The fraction of sp³-hybridized carbons (Fsp3) is 0.161. The van der Waals surface area contributed by atoms with E-state index in [0.29, 0.717) is 28.2 Å². The molecule has 0 saturated carbocycles. The molecule has 3 aromatic carbocycles. The van der Waals surface area contributed by atoms with E-state index < -0.39 is 5.91 Å². The Hall–Kier alpha value is -4.00. The Bertz CT molecular complexity index is 1570. The fourth-order valence-corrected chi connectivity index (χ4v) is 4.56. The van der Waals surface area contributed by atoms with Crippen LogP contribution in [0.5, 0.6) is 5.75 Å². The van der Waals surface area contributed by atoms with Crippen LogP contribution < -0.4 is 10.1 Å². The van der Waals surface area contributed by atoms with Crippen molar-refractivity contribution in [2.75, 3.05) is 5.32 Å². The third-order valence-electron chi connectivity index (χ3n) is 6.55. The molecule has 5 aromatic rings. The molecule has 0 saturated heterocycles. The number of hydrogen-bond donors (Lipinski definition) is 1. The maximum atomic E-state index is 12.7. The minimum Gasteiger partial charge on any atom is -0.486 e. The van der Waals surface area contributed by atoms with Gasteiger partial charge in [0.05, 0.1) is 16.6 Å². The molecule has 0 spiro atoms. The van der Waals surface area contributed by atoms with Gasteiger partial charge >= 0.3 is 0 Å². The van der Waals surface area contributed by atoms with Crippen LogP contribution in [-0.2, 0) is 18.6 Å². The number of anilines is 1. The monoisotopic (exact) mass is 559 g/mol. The van der Waals surface area contributed by atoms with Gasteiger partial charge in [0.25, 0.3) is 5.91 Å². The molecule has 5 rings (SSSR count). The van der Waals surface area contributed by atoms with Gasteiger partial charge in [-0.2, -0.15) is 5.10 Å². The number of carbonyl (C=O) groups is 1. The van der Waals surface area contributed by atoms with Crippen LogP contribution in [0.1, 0.15) is 46.9 Å². The number of ether oxygens (including phenoxy) is 1. The molecular formula is C31H27Cl2N3O3. The maximum absolute atomic E-state index is 12.7. The third kappa shape index (κ3) is 6.36. The molecule has 0 aliphatic rings. The molecule has 0 bridgehead atoms. The van der Waals surface area contributed by atoms with Crippen molar-refractivity contribution >= 4 is 34.9 Å². The highest BCUT2D eigenvalue weighted by molar-refractivity contribution is 6.42. The van der Waals surface area contributed by atoms with Crippen molar-refractivity contribution in [2.24, 2.45) is 0 Å². The Morgan fingerprint density at radius 2 is 1.67 bits per heavy atom. The first-order chi connectivity index (χ1) is 18.8. The average molecular weight is 560 g/mol. The maximum Gasteiger partial charge on any atom is 0.292 e. The van der Waals surface area contributed by atoms with Crippen LogP contribution in [-0.4, -0.2) is 15.7 Å². The van der Waals surface area contributed by atoms with E-state index >= 15 is 0 Å². The number of amides is 1. The summed E-state index contributed by atoms with van der Waals surface area (Å²) in [7, 11) is 0. The summed E-state index contributed by atoms with van der Waals surface area (Å²) in [6, 6.07) is 28.9. The minimum absolute atomic E-state index is 0.123. The van der Waals surface area contributed by atoms with Crippen LogP contribution in [0, 0.1) is 0 Å². The molecule has 0 aliphatic heterocycles. The summed E-state index contributed by atoms with van der Waals surface area (Å²) in [5.41, 5.74) is 3.26. The smallest absolute Gasteiger partial charge is 0.292 e. The highest BCUT2D eigenvalue weighted by Gasteiger charge is 2.22. The number of hydrogen-bond acceptors (Lipinski definition) is 4. The van der Waals surface area contributed by atoms with Crippen molar-refractivity contribution in [1.82, 2.24) is 9.78 Å². The molecule has 2 heterocycles. The SMILES string of the molecule is CC(C)(c1ccccc1)c1ccc(OCc2ccc(C(=O)Nc3ccn(Cc4ccc(Cl)c(Cl)c4)n3)o2)cc1. The van der Waals surface area contributed by atoms with E-state index in [0.717, 1.165) is 11.3 Å². The molecule has 0 aliphatic carbocycles. The topological polar surface area (TPSA) is 69.3 Å². The summed E-state index contributed by atoms with van der Waals surface area (Å²) in [6.45, 7) is 5.09. The van der Waals surface area contributed by atoms with Crippen molar-refractivity contribution in [3.63, 3.8) is 0 Å². The van der Waals surface area contributed by atoms with Crippen molar-refractivity contribution in [2.45, 2.75) is 32.4 Å². The highest BCUT2D eigenvalue weighted by Crippen LogP contribution is 2.32. The Morgan fingerprint density at radius 1 is 0.923 bits per heavy atom. The second-order valence-electron chi connectivity index (χ2n) is 9.67. The third-order valence-corrected chi connectivity index (χ3v) is 7.29. The lowest BCUT2D eigenvalue weighted by molar-refractivity contribution is 0.0992. The fourth-order valence-electron chi connectivity index (χ4n) is 4.24. The lowest BCUT2D eigenvalue weighted by atomic mass is 9.78. The van der Waals surface area contributed by atoms with E-state index in [9.17, 15) is 4.79 Å². The van der Waals surface area contributed by atoms with Crippen molar-refractivity contribution in [3.05, 3.63) is 135 Å². The number of carbonyl (C=O) groups excluding carboxylic acids is 1. The van der Waals surface area contributed by atoms with Crippen molar-refractivity contribution < 1.29 is 13.9 Å². The summed E-state index contributed by atoms with van der Waals surface area (Å²) < 4.78 is 13.3. The second-order valence-corrected chi connectivity index (χ2v) is 10.5. The number of benzene rings is 3. The van der Waals surface area contributed by atoms with Gasteiger partial charge in [0.1, 0.15) is 18.1 Å². The van der Waals surface area contributed by atoms with Gasteiger partial charge in [-0.1, -0.05) is 85.6 Å². The molecule has 8 heteroatoms. The van der Waals surface area contributed by atoms with Gasteiger partial charge in [-0.25, -0.2) is 0 Å². The van der Waals surface area contributed by atoms with Gasteiger partial charge in [-0.05, 0) is 53.1 Å².